The minimum absolute atomic E-state index is 0.0335. The minimum atomic E-state index is -0.444. The van der Waals surface area contributed by atoms with Crippen LogP contribution in [0.25, 0.3) is 0 Å². The van der Waals surface area contributed by atoms with Crippen molar-refractivity contribution in [1.29, 1.82) is 0 Å². The van der Waals surface area contributed by atoms with Gasteiger partial charge < -0.3 is 4.74 Å². The SMILES string of the molecule is C[C@@H](Cc1ccccc1)C(=O)N1OC(C)(C)[C@@H]2COc3ccccc3[C@@H]21. The quantitative estimate of drug-likeness (QED) is 0.833. The van der Waals surface area contributed by atoms with Crippen LogP contribution in [-0.4, -0.2) is 23.2 Å². The van der Waals surface area contributed by atoms with Gasteiger partial charge in [-0.2, -0.15) is 0 Å². The first kappa shape index (κ1) is 17.1. The van der Waals surface area contributed by atoms with Crippen molar-refractivity contribution in [3.63, 3.8) is 0 Å². The molecule has 0 radical (unpaired) electrons. The highest BCUT2D eigenvalue weighted by atomic mass is 16.7. The summed E-state index contributed by atoms with van der Waals surface area (Å²) >= 11 is 0. The van der Waals surface area contributed by atoms with Crippen molar-refractivity contribution < 1.29 is 14.4 Å². The normalized spacial score (nSPS) is 24.3. The lowest BCUT2D eigenvalue weighted by Crippen LogP contribution is -2.38. The fraction of sp³-hybridized carbons (Fsp3) is 0.409. The molecule has 4 nitrogen and oxygen atoms in total. The Morgan fingerprint density at radius 2 is 1.85 bits per heavy atom. The lowest BCUT2D eigenvalue weighted by molar-refractivity contribution is -0.208. The molecule has 0 aliphatic carbocycles. The van der Waals surface area contributed by atoms with Crippen LogP contribution in [-0.2, 0) is 16.1 Å². The van der Waals surface area contributed by atoms with Crippen molar-refractivity contribution >= 4 is 5.91 Å². The van der Waals surface area contributed by atoms with Gasteiger partial charge in [0.2, 0.25) is 5.91 Å². The van der Waals surface area contributed by atoms with Crippen LogP contribution in [0, 0.1) is 11.8 Å². The number of fused-ring (bicyclic) bond motifs is 3. The lowest BCUT2D eigenvalue weighted by Gasteiger charge is -2.33. The van der Waals surface area contributed by atoms with E-state index in [1.54, 1.807) is 5.06 Å². The van der Waals surface area contributed by atoms with Gasteiger partial charge in [-0.05, 0) is 31.9 Å². The summed E-state index contributed by atoms with van der Waals surface area (Å²) in [7, 11) is 0. The fourth-order valence-electron chi connectivity index (χ4n) is 4.05. The Balaban J connectivity index is 1.62. The Morgan fingerprint density at radius 1 is 1.15 bits per heavy atom. The maximum absolute atomic E-state index is 13.3. The Bertz CT molecular complexity index is 802. The number of hydroxylamine groups is 2. The van der Waals surface area contributed by atoms with Crippen molar-refractivity contribution in [2.24, 2.45) is 11.8 Å². The smallest absolute Gasteiger partial charge is 0.249 e. The fourth-order valence-corrected chi connectivity index (χ4v) is 4.05. The molecule has 0 bridgehead atoms. The van der Waals surface area contributed by atoms with Gasteiger partial charge in [-0.25, -0.2) is 5.06 Å². The Labute approximate surface area is 154 Å². The van der Waals surface area contributed by atoms with Crippen LogP contribution in [0.3, 0.4) is 0 Å². The number of ether oxygens (including phenoxy) is 1. The molecule has 0 spiro atoms. The molecule has 1 saturated heterocycles. The number of para-hydroxylation sites is 1. The topological polar surface area (TPSA) is 38.8 Å². The number of nitrogens with zero attached hydrogens (tertiary/aromatic N) is 1. The molecule has 0 unspecified atom stereocenters. The van der Waals surface area contributed by atoms with Crippen LogP contribution >= 0.6 is 0 Å². The van der Waals surface area contributed by atoms with E-state index in [9.17, 15) is 4.79 Å². The molecule has 0 aromatic heterocycles. The highest BCUT2D eigenvalue weighted by Gasteiger charge is 2.54. The molecule has 2 aliphatic heterocycles. The maximum Gasteiger partial charge on any atom is 0.249 e. The molecule has 1 fully saturated rings. The molecule has 0 N–H and O–H groups in total. The third-order valence-corrected chi connectivity index (χ3v) is 5.54. The van der Waals surface area contributed by atoms with Crippen LogP contribution in [0.1, 0.15) is 37.9 Å². The molecule has 2 aromatic rings. The van der Waals surface area contributed by atoms with E-state index in [2.05, 4.69) is 12.1 Å². The van der Waals surface area contributed by atoms with E-state index >= 15 is 0 Å². The number of carbonyl (C=O) groups is 1. The van der Waals surface area contributed by atoms with Crippen LogP contribution in [0.2, 0.25) is 0 Å². The summed E-state index contributed by atoms with van der Waals surface area (Å²) in [6.07, 6.45) is 0.704. The molecule has 2 heterocycles. The molecule has 26 heavy (non-hydrogen) atoms. The van der Waals surface area contributed by atoms with Crippen molar-refractivity contribution in [1.82, 2.24) is 5.06 Å². The van der Waals surface area contributed by atoms with Gasteiger partial charge in [-0.3, -0.25) is 9.63 Å². The molecule has 1 amide bonds. The van der Waals surface area contributed by atoms with E-state index in [1.165, 1.54) is 0 Å². The molecule has 136 valence electrons. The predicted molar refractivity (Wildman–Crippen MR) is 99.5 cm³/mol. The van der Waals surface area contributed by atoms with Crippen LogP contribution < -0.4 is 4.74 Å². The van der Waals surface area contributed by atoms with E-state index in [0.717, 1.165) is 16.9 Å². The number of carbonyl (C=O) groups excluding carboxylic acids is 1. The van der Waals surface area contributed by atoms with Crippen molar-refractivity contribution in [2.75, 3.05) is 6.61 Å². The Kier molecular flexibility index (Phi) is 4.23. The Morgan fingerprint density at radius 3 is 2.62 bits per heavy atom. The van der Waals surface area contributed by atoms with E-state index < -0.39 is 5.60 Å². The first-order chi connectivity index (χ1) is 12.5. The predicted octanol–water partition coefficient (Wildman–Crippen LogP) is 4.17. The summed E-state index contributed by atoms with van der Waals surface area (Å²) in [5.41, 5.74) is 1.76. The van der Waals surface area contributed by atoms with E-state index in [0.29, 0.717) is 13.0 Å². The summed E-state index contributed by atoms with van der Waals surface area (Å²) in [5, 5.41) is 1.62. The average Bonchev–Trinajstić information content (AvgIpc) is 2.93. The summed E-state index contributed by atoms with van der Waals surface area (Å²) in [4.78, 5) is 19.4. The number of amides is 1. The van der Waals surface area contributed by atoms with Crippen molar-refractivity contribution in [3.8, 4) is 5.75 Å². The highest BCUT2D eigenvalue weighted by molar-refractivity contribution is 5.79. The maximum atomic E-state index is 13.3. The van der Waals surface area contributed by atoms with Crippen LogP contribution in [0.15, 0.2) is 54.6 Å². The summed E-state index contributed by atoms with van der Waals surface area (Å²) in [5.74, 6) is 0.849. The summed E-state index contributed by atoms with van der Waals surface area (Å²) in [6, 6.07) is 18.0. The second-order valence-electron chi connectivity index (χ2n) is 7.85. The monoisotopic (exact) mass is 351 g/mol. The number of hydrogen-bond donors (Lipinski definition) is 0. The zero-order valence-electron chi connectivity index (χ0n) is 15.5. The number of benzene rings is 2. The zero-order chi connectivity index (χ0) is 18.3. The highest BCUT2D eigenvalue weighted by Crippen LogP contribution is 2.50. The molecule has 2 aliphatic rings. The van der Waals surface area contributed by atoms with Crippen molar-refractivity contribution in [2.45, 2.75) is 38.8 Å². The summed E-state index contributed by atoms with van der Waals surface area (Å²) < 4.78 is 5.94. The minimum Gasteiger partial charge on any atom is -0.493 e. The third kappa shape index (κ3) is 2.88. The number of rotatable bonds is 3. The van der Waals surface area contributed by atoms with Crippen molar-refractivity contribution in [3.05, 3.63) is 65.7 Å². The van der Waals surface area contributed by atoms with Gasteiger partial charge >= 0.3 is 0 Å². The molecular weight excluding hydrogens is 326 g/mol. The molecule has 3 atom stereocenters. The largest absolute Gasteiger partial charge is 0.493 e. The lowest BCUT2D eigenvalue weighted by atomic mass is 9.81. The van der Waals surface area contributed by atoms with Gasteiger partial charge in [-0.15, -0.1) is 0 Å². The molecule has 2 aromatic carbocycles. The van der Waals surface area contributed by atoms with Gasteiger partial charge in [0, 0.05) is 11.5 Å². The van der Waals surface area contributed by atoms with Gasteiger partial charge in [0.15, 0.2) is 0 Å². The third-order valence-electron chi connectivity index (χ3n) is 5.54. The molecule has 4 rings (SSSR count). The summed E-state index contributed by atoms with van der Waals surface area (Å²) in [6.45, 7) is 6.62. The molecular formula is C22H25NO3. The van der Waals surface area contributed by atoms with E-state index in [-0.39, 0.29) is 23.8 Å². The molecule has 0 saturated carbocycles. The van der Waals surface area contributed by atoms with Gasteiger partial charge in [0.05, 0.1) is 24.2 Å². The van der Waals surface area contributed by atoms with Gasteiger partial charge in [0.25, 0.3) is 0 Å². The zero-order valence-corrected chi connectivity index (χ0v) is 15.5. The van der Waals surface area contributed by atoms with Crippen LogP contribution in [0.5, 0.6) is 5.75 Å². The second kappa shape index (κ2) is 6.44. The number of hydrogen-bond acceptors (Lipinski definition) is 3. The standard InChI is InChI=1S/C22H25NO3/c1-15(13-16-9-5-4-6-10-16)21(24)23-20-17-11-7-8-12-19(17)25-14-18(20)22(2,3)26-23/h4-12,15,18,20H,13-14H2,1-3H3/t15-,18+,20-/m0/s1. The van der Waals surface area contributed by atoms with E-state index in [1.807, 2.05) is 63.2 Å². The van der Waals surface area contributed by atoms with Gasteiger partial charge in [0.1, 0.15) is 5.75 Å². The van der Waals surface area contributed by atoms with Gasteiger partial charge in [-0.1, -0.05) is 55.5 Å². The molecule has 4 heteroatoms. The first-order valence-electron chi connectivity index (χ1n) is 9.25. The Hall–Kier alpha value is -2.33. The second-order valence-corrected chi connectivity index (χ2v) is 7.85. The van der Waals surface area contributed by atoms with Crippen LogP contribution in [0.4, 0.5) is 0 Å². The average molecular weight is 351 g/mol. The first-order valence-corrected chi connectivity index (χ1v) is 9.25. The van der Waals surface area contributed by atoms with E-state index in [4.69, 9.17) is 9.57 Å².